The molecule has 0 saturated carbocycles. The number of likely N-dealkylation sites (tertiary alicyclic amines) is 1. The van der Waals surface area contributed by atoms with Crippen LogP contribution in [0, 0.1) is 13.8 Å². The number of rotatable bonds is 7. The van der Waals surface area contributed by atoms with Gasteiger partial charge in [0.2, 0.25) is 0 Å². The summed E-state index contributed by atoms with van der Waals surface area (Å²) in [4.78, 5) is 14.6. The zero-order valence-electron chi connectivity index (χ0n) is 15.6. The molecule has 0 unspecified atom stereocenters. The van der Waals surface area contributed by atoms with E-state index in [4.69, 9.17) is 15.2 Å². The lowest BCUT2D eigenvalue weighted by Gasteiger charge is -2.39. The molecule has 0 radical (unpaired) electrons. The first-order valence-electron chi connectivity index (χ1n) is 8.86. The summed E-state index contributed by atoms with van der Waals surface area (Å²) in [5.41, 5.74) is 8.22. The van der Waals surface area contributed by atoms with E-state index in [1.807, 2.05) is 23.4 Å². The molecule has 1 saturated heterocycles. The van der Waals surface area contributed by atoms with Gasteiger partial charge in [-0.25, -0.2) is 0 Å². The highest BCUT2D eigenvalue weighted by molar-refractivity contribution is 5.95. The predicted molar refractivity (Wildman–Crippen MR) is 98.8 cm³/mol. The Balaban J connectivity index is 1.66. The van der Waals surface area contributed by atoms with Gasteiger partial charge in [0.15, 0.2) is 11.5 Å². The molecule has 1 aromatic carbocycles. The molecule has 7 heteroatoms. The first-order chi connectivity index (χ1) is 12.5. The van der Waals surface area contributed by atoms with Crippen molar-refractivity contribution in [2.75, 3.05) is 33.4 Å². The molecule has 3 rings (SSSR count). The van der Waals surface area contributed by atoms with Crippen LogP contribution in [0.5, 0.6) is 11.5 Å². The third kappa shape index (κ3) is 3.67. The van der Waals surface area contributed by atoms with Crippen LogP contribution in [-0.2, 0) is 0 Å². The van der Waals surface area contributed by atoms with Crippen molar-refractivity contribution >= 4 is 5.91 Å². The van der Waals surface area contributed by atoms with Crippen molar-refractivity contribution in [3.63, 3.8) is 0 Å². The summed E-state index contributed by atoms with van der Waals surface area (Å²) in [5, 5.41) is 4.51. The number of aryl methyl sites for hydroxylation is 2. The normalized spacial score (nSPS) is 14.2. The van der Waals surface area contributed by atoms with E-state index < -0.39 is 0 Å². The molecule has 0 bridgehead atoms. The van der Waals surface area contributed by atoms with Gasteiger partial charge in [0.1, 0.15) is 0 Å². The number of methoxy groups -OCH3 is 1. The van der Waals surface area contributed by atoms with E-state index >= 15 is 0 Å². The smallest absolute Gasteiger partial charge is 0.254 e. The van der Waals surface area contributed by atoms with Gasteiger partial charge >= 0.3 is 0 Å². The first-order valence-corrected chi connectivity index (χ1v) is 8.86. The fraction of sp³-hybridized carbons (Fsp3) is 0.474. The quantitative estimate of drug-likeness (QED) is 0.765. The van der Waals surface area contributed by atoms with Crippen molar-refractivity contribution in [2.24, 2.45) is 5.73 Å². The summed E-state index contributed by atoms with van der Waals surface area (Å²) >= 11 is 0. The number of nitrogens with zero attached hydrogens (tertiary/aromatic N) is 3. The standard InChI is InChI=1S/C19H26N4O3/c1-13-9-14(2)23(21-13)16-11-22(12-16)19(24)15-5-6-17(25-3)18(10-15)26-8-4-7-20/h5-6,9-10,16H,4,7-8,11-12,20H2,1-3H3. The minimum atomic E-state index is -0.00545. The van der Waals surface area contributed by atoms with Gasteiger partial charge < -0.3 is 20.1 Å². The van der Waals surface area contributed by atoms with Gasteiger partial charge in [0.25, 0.3) is 5.91 Å². The van der Waals surface area contributed by atoms with Crippen molar-refractivity contribution in [1.82, 2.24) is 14.7 Å². The number of ether oxygens (including phenoxy) is 2. The summed E-state index contributed by atoms with van der Waals surface area (Å²) < 4.78 is 13.0. The van der Waals surface area contributed by atoms with Gasteiger partial charge in [0, 0.05) is 24.3 Å². The first kappa shape index (κ1) is 18.3. The average molecular weight is 358 g/mol. The minimum Gasteiger partial charge on any atom is -0.493 e. The Morgan fingerprint density at radius 2 is 2.04 bits per heavy atom. The largest absolute Gasteiger partial charge is 0.493 e. The topological polar surface area (TPSA) is 82.6 Å². The molecular weight excluding hydrogens is 332 g/mol. The Kier molecular flexibility index (Phi) is 5.46. The molecule has 2 aromatic rings. The number of aromatic nitrogens is 2. The minimum absolute atomic E-state index is 0.00545. The molecule has 140 valence electrons. The van der Waals surface area contributed by atoms with Gasteiger partial charge in [0.05, 0.1) is 25.5 Å². The van der Waals surface area contributed by atoms with E-state index in [-0.39, 0.29) is 11.9 Å². The number of hydrogen-bond acceptors (Lipinski definition) is 5. The summed E-state index contributed by atoms with van der Waals surface area (Å²) in [6.45, 7) is 6.40. The Bertz CT molecular complexity index is 781. The fourth-order valence-electron chi connectivity index (χ4n) is 3.16. The van der Waals surface area contributed by atoms with Crippen LogP contribution in [0.1, 0.15) is 34.2 Å². The Labute approximate surface area is 153 Å². The number of hydrogen-bond donors (Lipinski definition) is 1. The van der Waals surface area contributed by atoms with Crippen LogP contribution in [0.3, 0.4) is 0 Å². The maximum atomic E-state index is 12.8. The lowest BCUT2D eigenvalue weighted by Crippen LogP contribution is -2.51. The Morgan fingerprint density at radius 3 is 2.65 bits per heavy atom. The monoisotopic (exact) mass is 358 g/mol. The molecule has 0 spiro atoms. The van der Waals surface area contributed by atoms with E-state index in [1.165, 1.54) is 0 Å². The van der Waals surface area contributed by atoms with Crippen LogP contribution in [0.2, 0.25) is 0 Å². The fourth-order valence-corrected chi connectivity index (χ4v) is 3.16. The summed E-state index contributed by atoms with van der Waals surface area (Å²) in [6.07, 6.45) is 0.748. The number of benzene rings is 1. The van der Waals surface area contributed by atoms with Gasteiger partial charge in [-0.1, -0.05) is 0 Å². The van der Waals surface area contributed by atoms with Crippen LogP contribution < -0.4 is 15.2 Å². The van der Waals surface area contributed by atoms with Crippen molar-refractivity contribution < 1.29 is 14.3 Å². The highest BCUT2D eigenvalue weighted by atomic mass is 16.5. The SMILES string of the molecule is COc1ccc(C(=O)N2CC(n3nc(C)cc3C)C2)cc1OCCCN. The maximum Gasteiger partial charge on any atom is 0.254 e. The van der Waals surface area contributed by atoms with Gasteiger partial charge in [-0.15, -0.1) is 0 Å². The third-order valence-electron chi connectivity index (χ3n) is 4.56. The Hall–Kier alpha value is -2.54. The van der Waals surface area contributed by atoms with Crippen LogP contribution in [0.4, 0.5) is 0 Å². The van der Waals surface area contributed by atoms with E-state index in [1.54, 1.807) is 25.3 Å². The van der Waals surface area contributed by atoms with E-state index in [0.717, 1.165) is 17.8 Å². The number of carbonyl (C=O) groups is 1. The molecule has 26 heavy (non-hydrogen) atoms. The molecule has 0 atom stereocenters. The van der Waals surface area contributed by atoms with Crippen molar-refractivity contribution in [3.8, 4) is 11.5 Å². The number of carbonyl (C=O) groups excluding carboxylic acids is 1. The zero-order valence-corrected chi connectivity index (χ0v) is 15.6. The molecule has 1 aliphatic heterocycles. The second-order valence-corrected chi connectivity index (χ2v) is 6.59. The molecule has 7 nitrogen and oxygen atoms in total. The number of amides is 1. The van der Waals surface area contributed by atoms with Crippen molar-refractivity contribution in [2.45, 2.75) is 26.3 Å². The molecule has 1 amide bonds. The lowest BCUT2D eigenvalue weighted by molar-refractivity contribution is 0.0497. The molecule has 2 N–H and O–H groups in total. The van der Waals surface area contributed by atoms with Crippen LogP contribution in [0.25, 0.3) is 0 Å². The van der Waals surface area contributed by atoms with E-state index in [9.17, 15) is 4.79 Å². The van der Waals surface area contributed by atoms with E-state index in [2.05, 4.69) is 11.2 Å². The van der Waals surface area contributed by atoms with Crippen molar-refractivity contribution in [3.05, 3.63) is 41.2 Å². The second-order valence-electron chi connectivity index (χ2n) is 6.59. The van der Waals surface area contributed by atoms with Gasteiger partial charge in [-0.3, -0.25) is 9.48 Å². The van der Waals surface area contributed by atoms with E-state index in [0.29, 0.717) is 43.3 Å². The highest BCUT2D eigenvalue weighted by Gasteiger charge is 2.34. The third-order valence-corrected chi connectivity index (χ3v) is 4.56. The lowest BCUT2D eigenvalue weighted by atomic mass is 10.1. The van der Waals surface area contributed by atoms with Crippen molar-refractivity contribution in [1.29, 1.82) is 0 Å². The molecular formula is C19H26N4O3. The summed E-state index contributed by atoms with van der Waals surface area (Å²) in [5.74, 6) is 1.18. The van der Waals surface area contributed by atoms with Gasteiger partial charge in [-0.2, -0.15) is 5.10 Å². The second kappa shape index (κ2) is 7.78. The molecule has 1 fully saturated rings. The molecule has 1 aromatic heterocycles. The maximum absolute atomic E-state index is 12.8. The van der Waals surface area contributed by atoms with Crippen LogP contribution >= 0.6 is 0 Å². The van der Waals surface area contributed by atoms with Gasteiger partial charge in [-0.05, 0) is 51.1 Å². The molecule has 2 heterocycles. The highest BCUT2D eigenvalue weighted by Crippen LogP contribution is 2.30. The van der Waals surface area contributed by atoms with Crippen LogP contribution in [-0.4, -0.2) is 53.9 Å². The predicted octanol–water partition coefficient (Wildman–Crippen LogP) is 1.93. The summed E-state index contributed by atoms with van der Waals surface area (Å²) in [6, 6.07) is 7.58. The Morgan fingerprint density at radius 1 is 1.27 bits per heavy atom. The molecule has 0 aliphatic carbocycles. The average Bonchev–Trinajstić information content (AvgIpc) is 2.91. The number of nitrogens with two attached hydrogens (primary N) is 1. The summed E-state index contributed by atoms with van der Waals surface area (Å²) in [7, 11) is 1.58. The zero-order chi connectivity index (χ0) is 18.7. The van der Waals surface area contributed by atoms with Crippen LogP contribution in [0.15, 0.2) is 24.3 Å². The molecule has 1 aliphatic rings.